The molecule has 0 spiro atoms. The van der Waals surface area contributed by atoms with Crippen molar-refractivity contribution in [2.45, 2.75) is 35.0 Å². The number of amides is 1. The van der Waals surface area contributed by atoms with Gasteiger partial charge in [0, 0.05) is 12.1 Å². The molecule has 2 heterocycles. The Bertz CT molecular complexity index is 1260. The molecule has 176 valence electrons. The second-order valence-electron chi connectivity index (χ2n) is 7.48. The van der Waals surface area contributed by atoms with Crippen LogP contribution in [0.5, 0.6) is 0 Å². The van der Waals surface area contributed by atoms with Crippen LogP contribution < -0.4 is 0 Å². The number of aromatic nitrogens is 1. The predicted octanol–water partition coefficient (Wildman–Crippen LogP) is 5.91. The van der Waals surface area contributed by atoms with Gasteiger partial charge in [0.1, 0.15) is 22.5 Å². The van der Waals surface area contributed by atoms with Crippen molar-refractivity contribution in [2.75, 3.05) is 0 Å². The zero-order valence-electron chi connectivity index (χ0n) is 18.0. The van der Waals surface area contributed by atoms with Gasteiger partial charge in [0.05, 0.1) is 15.1 Å². The summed E-state index contributed by atoms with van der Waals surface area (Å²) in [5, 5.41) is 10.5. The molecule has 12 heteroatoms. The number of carbonyl (C=O) groups excluding carboxylic acids is 2. The van der Waals surface area contributed by atoms with Crippen molar-refractivity contribution in [3.63, 3.8) is 0 Å². The molecule has 4 rings (SSSR count). The number of β-lactam (4-membered cyclic amide) rings is 1. The summed E-state index contributed by atoms with van der Waals surface area (Å²) in [6.45, 7) is 3.44. The van der Waals surface area contributed by atoms with Crippen LogP contribution in [-0.2, 0) is 20.9 Å². The highest BCUT2D eigenvalue weighted by atomic mass is 79.9. The fourth-order valence-corrected chi connectivity index (χ4v) is 8.25. The lowest BCUT2D eigenvalue weighted by molar-refractivity contribution is -0.384. The Labute approximate surface area is 215 Å². The first kappa shape index (κ1) is 24.7. The van der Waals surface area contributed by atoms with Gasteiger partial charge in [-0.2, -0.15) is 0 Å². The smallest absolute Gasteiger partial charge is 0.355 e. The minimum atomic E-state index is -0.623. The van der Waals surface area contributed by atoms with Crippen molar-refractivity contribution in [1.82, 2.24) is 9.88 Å². The SMILES string of the molecule is CC(C)=C(C(=O)OCc1ccc([N+](=O)[O-])cc1)N1C(=O)[C@H](Br)[C@H]1SSc1nc2ccccc2s1. The molecule has 0 saturated carbocycles. The van der Waals surface area contributed by atoms with Gasteiger partial charge in [-0.15, -0.1) is 11.3 Å². The van der Waals surface area contributed by atoms with E-state index in [2.05, 4.69) is 20.9 Å². The molecule has 1 aliphatic heterocycles. The van der Waals surface area contributed by atoms with Gasteiger partial charge < -0.3 is 4.74 Å². The Morgan fingerprint density at radius 1 is 1.24 bits per heavy atom. The van der Waals surface area contributed by atoms with Crippen molar-refractivity contribution in [3.8, 4) is 0 Å². The summed E-state index contributed by atoms with van der Waals surface area (Å²) in [4.78, 5) is 41.6. The molecular weight excluding hydrogens is 562 g/mol. The quantitative estimate of drug-likeness (QED) is 0.0616. The number of nitro benzene ring substituents is 1. The molecule has 2 aromatic carbocycles. The van der Waals surface area contributed by atoms with E-state index in [0.717, 1.165) is 14.6 Å². The third kappa shape index (κ3) is 5.14. The zero-order chi connectivity index (χ0) is 24.4. The summed E-state index contributed by atoms with van der Waals surface area (Å²) in [6.07, 6.45) is 0. The largest absolute Gasteiger partial charge is 0.456 e. The summed E-state index contributed by atoms with van der Waals surface area (Å²) in [6, 6.07) is 13.6. The number of halogens is 1. The number of nitrogens with zero attached hydrogens (tertiary/aromatic N) is 3. The molecule has 2 atom stereocenters. The van der Waals surface area contributed by atoms with Crippen LogP contribution in [0.4, 0.5) is 5.69 Å². The van der Waals surface area contributed by atoms with Crippen LogP contribution in [0.25, 0.3) is 10.2 Å². The molecule has 0 aliphatic carbocycles. The fourth-order valence-electron chi connectivity index (χ4n) is 3.21. The van der Waals surface area contributed by atoms with Crippen LogP contribution in [0, 0.1) is 10.1 Å². The predicted molar refractivity (Wildman–Crippen MR) is 138 cm³/mol. The van der Waals surface area contributed by atoms with Gasteiger partial charge in [-0.3, -0.25) is 19.8 Å². The summed E-state index contributed by atoms with van der Waals surface area (Å²) in [5.74, 6) is -0.840. The Morgan fingerprint density at radius 2 is 1.94 bits per heavy atom. The van der Waals surface area contributed by atoms with Crippen molar-refractivity contribution >= 4 is 76.6 Å². The van der Waals surface area contributed by atoms with Gasteiger partial charge in [0.2, 0.25) is 5.91 Å². The maximum Gasteiger partial charge on any atom is 0.355 e. The van der Waals surface area contributed by atoms with E-state index in [4.69, 9.17) is 4.74 Å². The Hall–Kier alpha value is -2.41. The number of hydrogen-bond donors (Lipinski definition) is 0. The molecule has 0 unspecified atom stereocenters. The van der Waals surface area contributed by atoms with Crippen molar-refractivity contribution in [2.24, 2.45) is 0 Å². The topological polar surface area (TPSA) is 103 Å². The van der Waals surface area contributed by atoms with E-state index in [1.165, 1.54) is 50.8 Å². The number of nitro groups is 1. The standard InChI is InChI=1S/C22H18BrN3O5S3/c1-12(2)18(21(28)31-11-13-7-9-14(10-8-13)26(29)30)25-19(27)17(23)20(25)33-34-22-24-15-5-3-4-6-16(15)32-22/h3-10,17,20H,11H2,1-2H3/t17-,20+/m0/s1. The number of thiazole rings is 1. The van der Waals surface area contributed by atoms with Crippen LogP contribution in [0.2, 0.25) is 0 Å². The molecule has 1 aromatic heterocycles. The Kier molecular flexibility index (Phi) is 7.60. The highest BCUT2D eigenvalue weighted by Gasteiger charge is 2.50. The van der Waals surface area contributed by atoms with Crippen molar-refractivity contribution in [1.29, 1.82) is 0 Å². The number of carbonyl (C=O) groups is 2. The lowest BCUT2D eigenvalue weighted by atomic mass is 10.1. The van der Waals surface area contributed by atoms with E-state index in [1.54, 1.807) is 25.2 Å². The first-order valence-electron chi connectivity index (χ1n) is 10.00. The minimum absolute atomic E-state index is 0.0416. The minimum Gasteiger partial charge on any atom is -0.456 e. The maximum atomic E-state index is 12.9. The van der Waals surface area contributed by atoms with Crippen LogP contribution in [-0.4, -0.2) is 36.9 Å². The molecule has 0 radical (unpaired) electrons. The van der Waals surface area contributed by atoms with Crippen molar-refractivity contribution in [3.05, 3.63) is 75.5 Å². The number of benzene rings is 2. The molecular formula is C22H18BrN3O5S3. The molecule has 1 saturated heterocycles. The summed E-state index contributed by atoms with van der Waals surface area (Å²) in [7, 11) is 2.92. The number of esters is 1. The zero-order valence-corrected chi connectivity index (χ0v) is 22.0. The summed E-state index contributed by atoms with van der Waals surface area (Å²) >= 11 is 5.00. The molecule has 1 amide bonds. The van der Waals surface area contributed by atoms with Gasteiger partial charge in [0.15, 0.2) is 4.34 Å². The number of non-ortho nitro benzene ring substituents is 1. The molecule has 1 fully saturated rings. The number of fused-ring (bicyclic) bond motifs is 1. The number of ether oxygens (including phenoxy) is 1. The second kappa shape index (κ2) is 10.5. The Morgan fingerprint density at radius 3 is 2.59 bits per heavy atom. The second-order valence-corrected chi connectivity index (χ2v) is 12.1. The third-order valence-electron chi connectivity index (χ3n) is 4.90. The van der Waals surface area contributed by atoms with E-state index in [-0.39, 0.29) is 29.3 Å². The number of allylic oxidation sites excluding steroid dienone is 1. The first-order chi connectivity index (χ1) is 16.3. The molecule has 0 bridgehead atoms. The van der Waals surface area contributed by atoms with Gasteiger partial charge >= 0.3 is 5.97 Å². The summed E-state index contributed by atoms with van der Waals surface area (Å²) in [5.41, 5.74) is 2.34. The van der Waals surface area contributed by atoms with E-state index in [9.17, 15) is 19.7 Å². The van der Waals surface area contributed by atoms with Gasteiger partial charge in [-0.05, 0) is 60.0 Å². The third-order valence-corrected chi connectivity index (χ3v) is 10.1. The van der Waals surface area contributed by atoms with Crippen LogP contribution in [0.3, 0.4) is 0 Å². The number of alkyl halides is 1. The average Bonchev–Trinajstić information content (AvgIpc) is 3.24. The number of para-hydroxylation sites is 1. The number of likely N-dealkylation sites (tertiary alicyclic amines) is 1. The van der Waals surface area contributed by atoms with E-state index in [0.29, 0.717) is 11.1 Å². The van der Waals surface area contributed by atoms with Crippen LogP contribution in [0.1, 0.15) is 19.4 Å². The number of hydrogen-bond acceptors (Lipinski definition) is 9. The molecule has 34 heavy (non-hydrogen) atoms. The van der Waals surface area contributed by atoms with Crippen molar-refractivity contribution < 1.29 is 19.2 Å². The van der Waals surface area contributed by atoms with Gasteiger partial charge in [-0.25, -0.2) is 9.78 Å². The lowest BCUT2D eigenvalue weighted by Gasteiger charge is -2.44. The fraction of sp³-hybridized carbons (Fsp3) is 0.227. The average molecular weight is 581 g/mol. The van der Waals surface area contributed by atoms with E-state index in [1.807, 2.05) is 24.3 Å². The first-order valence-corrected chi connectivity index (χ1v) is 13.9. The van der Waals surface area contributed by atoms with Gasteiger partial charge in [0.25, 0.3) is 5.69 Å². The molecule has 1 aliphatic rings. The molecule has 8 nitrogen and oxygen atoms in total. The molecule has 0 N–H and O–H groups in total. The van der Waals surface area contributed by atoms with Crippen LogP contribution in [0.15, 0.2) is 64.1 Å². The van der Waals surface area contributed by atoms with Crippen LogP contribution >= 0.6 is 48.9 Å². The maximum absolute atomic E-state index is 12.9. The van der Waals surface area contributed by atoms with E-state index < -0.39 is 15.7 Å². The lowest BCUT2D eigenvalue weighted by Crippen LogP contribution is -2.60. The van der Waals surface area contributed by atoms with Gasteiger partial charge in [-0.1, -0.05) is 38.9 Å². The highest BCUT2D eigenvalue weighted by Crippen LogP contribution is 2.47. The number of rotatable bonds is 8. The monoisotopic (exact) mass is 579 g/mol. The Balaban J connectivity index is 1.43. The highest BCUT2D eigenvalue weighted by molar-refractivity contribution is 9.10. The molecule has 3 aromatic rings. The normalized spacial score (nSPS) is 17.4. The van der Waals surface area contributed by atoms with E-state index >= 15 is 0 Å². The summed E-state index contributed by atoms with van der Waals surface area (Å²) < 4.78 is 7.39.